The van der Waals surface area contributed by atoms with Crippen molar-refractivity contribution in [1.29, 1.82) is 0 Å². The maximum Gasteiger partial charge on any atom is 0.148 e. The zero-order valence-corrected chi connectivity index (χ0v) is 11.1. The first-order chi connectivity index (χ1) is 8.69. The molecule has 0 saturated carbocycles. The fourth-order valence-electron chi connectivity index (χ4n) is 1.90. The van der Waals surface area contributed by atoms with Crippen LogP contribution in [0.15, 0.2) is 36.4 Å². The molecule has 1 aromatic heterocycles. The van der Waals surface area contributed by atoms with E-state index in [0.717, 1.165) is 23.5 Å². The highest BCUT2D eigenvalue weighted by Crippen LogP contribution is 2.18. The summed E-state index contributed by atoms with van der Waals surface area (Å²) in [4.78, 5) is 0. The lowest BCUT2D eigenvalue weighted by Gasteiger charge is -2.06. The summed E-state index contributed by atoms with van der Waals surface area (Å²) < 4.78 is 0. The molecule has 0 amide bonds. The Morgan fingerprint density at radius 2 is 1.72 bits per heavy atom. The highest BCUT2D eigenvalue weighted by molar-refractivity contribution is 5.59. The van der Waals surface area contributed by atoms with Gasteiger partial charge in [0, 0.05) is 12.6 Å². The monoisotopic (exact) mass is 241 g/mol. The molecule has 0 fully saturated rings. The highest BCUT2D eigenvalue weighted by Gasteiger charge is 2.02. The molecular formula is C15H19N3. The van der Waals surface area contributed by atoms with Gasteiger partial charge in [0.05, 0.1) is 5.69 Å². The first kappa shape index (κ1) is 12.6. The smallest absolute Gasteiger partial charge is 0.148 e. The van der Waals surface area contributed by atoms with Crippen LogP contribution < -0.4 is 5.32 Å². The fraction of sp³-hybridized carbons (Fsp3) is 0.333. The molecule has 3 heteroatoms. The molecule has 1 heterocycles. The van der Waals surface area contributed by atoms with Crippen LogP contribution in [0.5, 0.6) is 0 Å². The van der Waals surface area contributed by atoms with Gasteiger partial charge in [-0.05, 0) is 30.0 Å². The summed E-state index contributed by atoms with van der Waals surface area (Å²) >= 11 is 0. The summed E-state index contributed by atoms with van der Waals surface area (Å²) in [6, 6.07) is 12.5. The third kappa shape index (κ3) is 3.06. The number of aromatic nitrogens is 2. The van der Waals surface area contributed by atoms with Gasteiger partial charge in [-0.25, -0.2) is 0 Å². The van der Waals surface area contributed by atoms with E-state index in [1.807, 2.05) is 19.2 Å². The van der Waals surface area contributed by atoms with Gasteiger partial charge < -0.3 is 5.32 Å². The second kappa shape index (κ2) is 5.63. The zero-order chi connectivity index (χ0) is 13.0. The van der Waals surface area contributed by atoms with Crippen LogP contribution in [0.3, 0.4) is 0 Å². The lowest BCUT2D eigenvalue weighted by Crippen LogP contribution is -1.96. The minimum Gasteiger partial charge on any atom is -0.372 e. The lowest BCUT2D eigenvalue weighted by molar-refractivity contribution is 0.647. The number of hydrogen-bond acceptors (Lipinski definition) is 3. The predicted molar refractivity (Wildman–Crippen MR) is 75.6 cm³/mol. The van der Waals surface area contributed by atoms with E-state index in [9.17, 15) is 0 Å². The van der Waals surface area contributed by atoms with Crippen molar-refractivity contribution in [3.8, 4) is 11.3 Å². The third-order valence-electron chi connectivity index (χ3n) is 2.81. The van der Waals surface area contributed by atoms with Gasteiger partial charge in [0.15, 0.2) is 0 Å². The van der Waals surface area contributed by atoms with E-state index in [1.165, 1.54) is 5.56 Å². The van der Waals surface area contributed by atoms with Crippen molar-refractivity contribution in [1.82, 2.24) is 10.2 Å². The van der Waals surface area contributed by atoms with Crippen molar-refractivity contribution in [2.75, 3.05) is 12.4 Å². The largest absolute Gasteiger partial charge is 0.372 e. The van der Waals surface area contributed by atoms with Crippen LogP contribution in [0, 0.1) is 5.92 Å². The summed E-state index contributed by atoms with van der Waals surface area (Å²) in [5, 5.41) is 11.2. The number of hydrogen-bond donors (Lipinski definition) is 1. The van der Waals surface area contributed by atoms with Crippen molar-refractivity contribution in [2.24, 2.45) is 5.92 Å². The fourth-order valence-corrected chi connectivity index (χ4v) is 1.90. The van der Waals surface area contributed by atoms with E-state index in [4.69, 9.17) is 0 Å². The van der Waals surface area contributed by atoms with Gasteiger partial charge in [-0.3, -0.25) is 0 Å². The van der Waals surface area contributed by atoms with Crippen LogP contribution in [-0.2, 0) is 6.42 Å². The van der Waals surface area contributed by atoms with Gasteiger partial charge in [0.25, 0.3) is 0 Å². The SMILES string of the molecule is CNc1ccc(-c2ccc(CC(C)C)cc2)nn1. The molecule has 0 saturated heterocycles. The molecule has 1 N–H and O–H groups in total. The first-order valence-electron chi connectivity index (χ1n) is 6.30. The van der Waals surface area contributed by atoms with Crippen molar-refractivity contribution in [2.45, 2.75) is 20.3 Å². The Morgan fingerprint density at radius 3 is 2.22 bits per heavy atom. The molecule has 2 aromatic rings. The Kier molecular flexibility index (Phi) is 3.92. The molecule has 0 spiro atoms. The molecule has 3 nitrogen and oxygen atoms in total. The molecule has 0 aliphatic rings. The molecule has 0 radical (unpaired) electrons. The van der Waals surface area contributed by atoms with Crippen molar-refractivity contribution < 1.29 is 0 Å². The van der Waals surface area contributed by atoms with E-state index in [0.29, 0.717) is 5.92 Å². The number of nitrogens with one attached hydrogen (secondary N) is 1. The van der Waals surface area contributed by atoms with Gasteiger partial charge in [-0.2, -0.15) is 0 Å². The van der Waals surface area contributed by atoms with Crippen molar-refractivity contribution in [3.63, 3.8) is 0 Å². The molecule has 0 aliphatic heterocycles. The average Bonchev–Trinajstić information content (AvgIpc) is 2.39. The van der Waals surface area contributed by atoms with E-state index >= 15 is 0 Å². The predicted octanol–water partition coefficient (Wildman–Crippen LogP) is 3.38. The standard InChI is InChI=1S/C15H19N3/c1-11(2)10-12-4-6-13(7-5-12)14-8-9-15(16-3)18-17-14/h4-9,11H,10H2,1-3H3,(H,16,18). The Labute approximate surface area is 108 Å². The summed E-state index contributed by atoms with van der Waals surface area (Å²) in [5.41, 5.74) is 3.39. The van der Waals surface area contributed by atoms with Gasteiger partial charge in [0.2, 0.25) is 0 Å². The maximum absolute atomic E-state index is 4.20. The van der Waals surface area contributed by atoms with E-state index in [2.05, 4.69) is 53.6 Å². The van der Waals surface area contributed by atoms with E-state index < -0.39 is 0 Å². The molecule has 94 valence electrons. The Hall–Kier alpha value is -1.90. The van der Waals surface area contributed by atoms with Crippen LogP contribution >= 0.6 is 0 Å². The highest BCUT2D eigenvalue weighted by atomic mass is 15.2. The van der Waals surface area contributed by atoms with Crippen LogP contribution in [-0.4, -0.2) is 17.2 Å². The summed E-state index contributed by atoms with van der Waals surface area (Å²) in [7, 11) is 1.84. The summed E-state index contributed by atoms with van der Waals surface area (Å²) in [5.74, 6) is 1.47. The summed E-state index contributed by atoms with van der Waals surface area (Å²) in [6.07, 6.45) is 1.12. The van der Waals surface area contributed by atoms with Crippen LogP contribution in [0.1, 0.15) is 19.4 Å². The average molecular weight is 241 g/mol. The molecule has 0 aliphatic carbocycles. The molecular weight excluding hydrogens is 222 g/mol. The van der Waals surface area contributed by atoms with E-state index in [1.54, 1.807) is 0 Å². The quantitative estimate of drug-likeness (QED) is 0.891. The topological polar surface area (TPSA) is 37.8 Å². The lowest BCUT2D eigenvalue weighted by atomic mass is 10.0. The Morgan fingerprint density at radius 1 is 1.00 bits per heavy atom. The minimum atomic E-state index is 0.686. The van der Waals surface area contributed by atoms with Crippen molar-refractivity contribution in [3.05, 3.63) is 42.0 Å². The third-order valence-corrected chi connectivity index (χ3v) is 2.81. The maximum atomic E-state index is 4.20. The van der Waals surface area contributed by atoms with Gasteiger partial charge in [0.1, 0.15) is 5.82 Å². The number of anilines is 1. The number of benzene rings is 1. The van der Waals surface area contributed by atoms with Gasteiger partial charge >= 0.3 is 0 Å². The normalized spacial score (nSPS) is 10.7. The Balaban J connectivity index is 2.17. The molecule has 0 atom stereocenters. The van der Waals surface area contributed by atoms with Crippen molar-refractivity contribution >= 4 is 5.82 Å². The van der Waals surface area contributed by atoms with Crippen LogP contribution in [0.4, 0.5) is 5.82 Å². The molecule has 18 heavy (non-hydrogen) atoms. The molecule has 0 bridgehead atoms. The second-order valence-corrected chi connectivity index (χ2v) is 4.85. The molecule has 2 rings (SSSR count). The number of rotatable bonds is 4. The van der Waals surface area contributed by atoms with E-state index in [-0.39, 0.29) is 0 Å². The van der Waals surface area contributed by atoms with Gasteiger partial charge in [-0.15, -0.1) is 10.2 Å². The van der Waals surface area contributed by atoms with Crippen LogP contribution in [0.25, 0.3) is 11.3 Å². The second-order valence-electron chi connectivity index (χ2n) is 4.85. The zero-order valence-electron chi connectivity index (χ0n) is 11.1. The van der Waals surface area contributed by atoms with Crippen LogP contribution in [0.2, 0.25) is 0 Å². The molecule has 0 unspecified atom stereocenters. The first-order valence-corrected chi connectivity index (χ1v) is 6.30. The number of nitrogens with zero attached hydrogens (tertiary/aromatic N) is 2. The van der Waals surface area contributed by atoms with Gasteiger partial charge in [-0.1, -0.05) is 38.1 Å². The minimum absolute atomic E-state index is 0.686. The molecule has 1 aromatic carbocycles. The Bertz CT molecular complexity index is 486. The summed E-state index contributed by atoms with van der Waals surface area (Å²) in [6.45, 7) is 4.46.